The van der Waals surface area contributed by atoms with E-state index in [0.29, 0.717) is 0 Å². The Morgan fingerprint density at radius 2 is 2.20 bits per heavy atom. The van der Waals surface area contributed by atoms with Crippen LogP contribution in [0.5, 0.6) is 0 Å². The molecule has 0 bridgehead atoms. The lowest BCUT2D eigenvalue weighted by Crippen LogP contribution is -2.28. The molecule has 15 heavy (non-hydrogen) atoms. The van der Waals surface area contributed by atoms with Crippen molar-refractivity contribution in [2.24, 2.45) is 0 Å². The zero-order chi connectivity index (χ0) is 10.6. The van der Waals surface area contributed by atoms with E-state index in [1.54, 1.807) is 6.92 Å². The van der Waals surface area contributed by atoms with Crippen molar-refractivity contribution < 1.29 is 4.79 Å². The molecule has 2 aliphatic rings. The molecule has 0 atom stereocenters. The number of carbonyl (C=O) groups excluding carboxylic acids is 1. The maximum atomic E-state index is 11.5. The normalized spacial score (nSPS) is 20.5. The van der Waals surface area contributed by atoms with Gasteiger partial charge in [-0.3, -0.25) is 4.79 Å². The molecule has 0 N–H and O–H groups in total. The minimum absolute atomic E-state index is 0.113. The van der Waals surface area contributed by atoms with Crippen molar-refractivity contribution in [3.8, 4) is 0 Å². The predicted octanol–water partition coefficient (Wildman–Crippen LogP) is 2.74. The number of hydrogen-bond acceptors (Lipinski definition) is 1. The van der Waals surface area contributed by atoms with Crippen LogP contribution in [0.4, 0.5) is 5.69 Å². The second-order valence-electron chi connectivity index (χ2n) is 4.52. The molecule has 1 fully saturated rings. The molecular formula is C12H12ClNO. The van der Waals surface area contributed by atoms with Crippen molar-refractivity contribution in [2.45, 2.75) is 25.2 Å². The van der Waals surface area contributed by atoms with Crippen molar-refractivity contribution in [3.05, 3.63) is 28.8 Å². The fraction of sp³-hybridized carbons (Fsp3) is 0.417. The van der Waals surface area contributed by atoms with E-state index in [4.69, 9.17) is 11.6 Å². The molecule has 0 saturated heterocycles. The van der Waals surface area contributed by atoms with Gasteiger partial charge in [0.2, 0.25) is 5.91 Å². The maximum absolute atomic E-state index is 11.5. The second-order valence-corrected chi connectivity index (χ2v) is 4.93. The molecule has 0 aromatic heterocycles. The van der Waals surface area contributed by atoms with Crippen LogP contribution in [0, 0.1) is 0 Å². The fourth-order valence-electron chi connectivity index (χ4n) is 2.57. The molecular weight excluding hydrogens is 210 g/mol. The van der Waals surface area contributed by atoms with Crippen LogP contribution in [0.25, 0.3) is 0 Å². The average molecular weight is 222 g/mol. The molecule has 1 aromatic carbocycles. The van der Waals surface area contributed by atoms with E-state index in [-0.39, 0.29) is 11.3 Å². The van der Waals surface area contributed by atoms with Gasteiger partial charge in [0, 0.05) is 35.2 Å². The lowest BCUT2D eigenvalue weighted by molar-refractivity contribution is -0.116. The molecule has 2 nitrogen and oxygen atoms in total. The molecule has 1 saturated carbocycles. The van der Waals surface area contributed by atoms with Gasteiger partial charge in [-0.05, 0) is 25.0 Å². The van der Waals surface area contributed by atoms with Crippen LogP contribution in [-0.4, -0.2) is 12.5 Å². The van der Waals surface area contributed by atoms with Crippen molar-refractivity contribution >= 4 is 23.2 Å². The van der Waals surface area contributed by atoms with Gasteiger partial charge in [0.05, 0.1) is 0 Å². The summed E-state index contributed by atoms with van der Waals surface area (Å²) in [6, 6.07) is 5.83. The van der Waals surface area contributed by atoms with Gasteiger partial charge in [0.25, 0.3) is 0 Å². The van der Waals surface area contributed by atoms with Crippen LogP contribution in [0.15, 0.2) is 18.2 Å². The van der Waals surface area contributed by atoms with Crippen LogP contribution < -0.4 is 4.90 Å². The van der Waals surface area contributed by atoms with Gasteiger partial charge in [0.1, 0.15) is 0 Å². The van der Waals surface area contributed by atoms with Gasteiger partial charge < -0.3 is 4.90 Å². The molecule has 3 rings (SSSR count). The zero-order valence-electron chi connectivity index (χ0n) is 8.59. The van der Waals surface area contributed by atoms with E-state index in [2.05, 4.69) is 0 Å². The first-order valence-electron chi connectivity index (χ1n) is 5.21. The number of fused-ring (bicyclic) bond motifs is 2. The molecule has 1 amide bonds. The number of anilines is 1. The smallest absolute Gasteiger partial charge is 0.223 e. The Labute approximate surface area is 93.8 Å². The van der Waals surface area contributed by atoms with Crippen LogP contribution >= 0.6 is 11.6 Å². The third-order valence-corrected chi connectivity index (χ3v) is 3.82. The SMILES string of the molecule is CC(=O)N1CC2(CC2)c2c(Cl)cccc21. The summed E-state index contributed by atoms with van der Waals surface area (Å²) in [6.07, 6.45) is 2.32. The monoisotopic (exact) mass is 221 g/mol. The van der Waals surface area contributed by atoms with E-state index in [1.807, 2.05) is 23.1 Å². The maximum Gasteiger partial charge on any atom is 0.223 e. The van der Waals surface area contributed by atoms with E-state index < -0.39 is 0 Å². The fourth-order valence-corrected chi connectivity index (χ4v) is 2.94. The summed E-state index contributed by atoms with van der Waals surface area (Å²) in [5.74, 6) is 0.113. The summed E-state index contributed by atoms with van der Waals surface area (Å²) in [5, 5.41) is 0.814. The number of carbonyl (C=O) groups is 1. The highest BCUT2D eigenvalue weighted by Gasteiger charge is 2.53. The van der Waals surface area contributed by atoms with Crippen molar-refractivity contribution in [2.75, 3.05) is 11.4 Å². The highest BCUT2D eigenvalue weighted by Crippen LogP contribution is 2.58. The van der Waals surface area contributed by atoms with E-state index in [1.165, 1.54) is 5.56 Å². The van der Waals surface area contributed by atoms with Gasteiger partial charge >= 0.3 is 0 Å². The van der Waals surface area contributed by atoms with Gasteiger partial charge in [-0.15, -0.1) is 0 Å². The first kappa shape index (κ1) is 9.22. The Morgan fingerprint density at radius 1 is 1.47 bits per heavy atom. The molecule has 0 unspecified atom stereocenters. The van der Waals surface area contributed by atoms with Gasteiger partial charge in [-0.25, -0.2) is 0 Å². The first-order chi connectivity index (χ1) is 7.14. The molecule has 1 spiro atoms. The average Bonchev–Trinajstić information content (AvgIpc) is 2.84. The Morgan fingerprint density at radius 3 is 2.80 bits per heavy atom. The molecule has 1 aromatic rings. The molecule has 1 aliphatic heterocycles. The van der Waals surface area contributed by atoms with E-state index >= 15 is 0 Å². The molecule has 78 valence electrons. The van der Waals surface area contributed by atoms with Crippen LogP contribution in [0.1, 0.15) is 25.3 Å². The second kappa shape index (κ2) is 2.76. The first-order valence-corrected chi connectivity index (χ1v) is 5.59. The standard InChI is InChI=1S/C12H12ClNO/c1-8(15)14-7-12(5-6-12)11-9(13)3-2-4-10(11)14/h2-4H,5-7H2,1H3. The number of benzene rings is 1. The predicted molar refractivity (Wildman–Crippen MR) is 60.4 cm³/mol. The summed E-state index contributed by atoms with van der Waals surface area (Å²) < 4.78 is 0. The Kier molecular flexibility index (Phi) is 1.70. The number of nitrogens with zero attached hydrogens (tertiary/aromatic N) is 1. The number of hydrogen-bond donors (Lipinski definition) is 0. The minimum atomic E-state index is 0.113. The Bertz CT molecular complexity index is 451. The van der Waals surface area contributed by atoms with Crippen molar-refractivity contribution in [3.63, 3.8) is 0 Å². The molecule has 1 aliphatic carbocycles. The lowest BCUT2D eigenvalue weighted by atomic mass is 9.99. The lowest BCUT2D eigenvalue weighted by Gasteiger charge is -2.14. The zero-order valence-corrected chi connectivity index (χ0v) is 9.34. The van der Waals surface area contributed by atoms with E-state index in [0.717, 1.165) is 30.1 Å². The topological polar surface area (TPSA) is 20.3 Å². The highest BCUT2D eigenvalue weighted by molar-refractivity contribution is 6.32. The molecule has 0 radical (unpaired) electrons. The third-order valence-electron chi connectivity index (χ3n) is 3.51. The Hall–Kier alpha value is -1.02. The summed E-state index contributed by atoms with van der Waals surface area (Å²) in [6.45, 7) is 2.44. The number of halogens is 1. The number of rotatable bonds is 0. The van der Waals surface area contributed by atoms with Gasteiger partial charge in [-0.1, -0.05) is 17.7 Å². The highest BCUT2D eigenvalue weighted by atomic mass is 35.5. The van der Waals surface area contributed by atoms with Crippen LogP contribution in [0.3, 0.4) is 0 Å². The van der Waals surface area contributed by atoms with Crippen molar-refractivity contribution in [1.82, 2.24) is 0 Å². The van der Waals surface area contributed by atoms with Gasteiger partial charge in [-0.2, -0.15) is 0 Å². The minimum Gasteiger partial charge on any atom is -0.311 e. The van der Waals surface area contributed by atoms with E-state index in [9.17, 15) is 4.79 Å². The number of amides is 1. The summed E-state index contributed by atoms with van der Waals surface area (Å²) in [7, 11) is 0. The van der Waals surface area contributed by atoms with Crippen molar-refractivity contribution in [1.29, 1.82) is 0 Å². The van der Waals surface area contributed by atoms with Crippen LogP contribution in [-0.2, 0) is 10.2 Å². The third kappa shape index (κ3) is 1.14. The quantitative estimate of drug-likeness (QED) is 0.660. The summed E-state index contributed by atoms with van der Waals surface area (Å²) >= 11 is 6.23. The van der Waals surface area contributed by atoms with Gasteiger partial charge in [0.15, 0.2) is 0 Å². The largest absolute Gasteiger partial charge is 0.311 e. The molecule has 3 heteroatoms. The molecule has 1 heterocycles. The summed E-state index contributed by atoms with van der Waals surface area (Å²) in [5.41, 5.74) is 2.41. The summed E-state index contributed by atoms with van der Waals surface area (Å²) in [4.78, 5) is 13.4. The Balaban J connectivity index is 2.20. The van der Waals surface area contributed by atoms with Crippen LogP contribution in [0.2, 0.25) is 5.02 Å².